The van der Waals surface area contributed by atoms with Gasteiger partial charge in [-0.1, -0.05) is 29.8 Å². The molecule has 1 aliphatic heterocycles. The van der Waals surface area contributed by atoms with Gasteiger partial charge in [0.05, 0.1) is 0 Å². The van der Waals surface area contributed by atoms with E-state index in [1.165, 1.54) is 23.4 Å². The predicted octanol–water partition coefficient (Wildman–Crippen LogP) is 4.06. The molecule has 4 heteroatoms. The molecule has 1 saturated heterocycles. The average Bonchev–Trinajstić information content (AvgIpc) is 2.50. The van der Waals surface area contributed by atoms with Crippen molar-refractivity contribution in [1.82, 2.24) is 0 Å². The van der Waals surface area contributed by atoms with Crippen molar-refractivity contribution in [2.45, 2.75) is 44.4 Å². The van der Waals surface area contributed by atoms with E-state index in [1.807, 2.05) is 0 Å². The third-order valence-electron chi connectivity index (χ3n) is 3.76. The maximum atomic E-state index is 6.01. The Hall–Kier alpha value is -0.190. The van der Waals surface area contributed by atoms with Gasteiger partial charge in [0.1, 0.15) is 0 Å². The van der Waals surface area contributed by atoms with E-state index in [9.17, 15) is 0 Å². The van der Waals surface area contributed by atoms with E-state index in [4.69, 9.17) is 5.73 Å². The zero-order valence-corrected chi connectivity index (χ0v) is 15.1. The number of hydrogen-bond donors (Lipinski definition) is 1. The van der Waals surface area contributed by atoms with Gasteiger partial charge in [0.25, 0.3) is 0 Å². The molecule has 0 bridgehead atoms. The summed E-state index contributed by atoms with van der Waals surface area (Å²) in [5.41, 5.74) is 8.73. The minimum atomic E-state index is 0.195. The molecule has 1 fully saturated rings. The second-order valence-electron chi connectivity index (χ2n) is 6.30. The lowest BCUT2D eigenvalue weighted by molar-refractivity contribution is 0.635. The van der Waals surface area contributed by atoms with Crippen molar-refractivity contribution >= 4 is 33.4 Å². The van der Waals surface area contributed by atoms with Crippen LogP contribution in [0.4, 0.5) is 5.69 Å². The number of nitrogens with zero attached hydrogens (tertiary/aromatic N) is 1. The standard InChI is InChI=1S/C16H25BrN2S/c1-12(18)10-13-11-14(17)4-5-15(13)19-7-6-16(2,3)20-9-8-19/h4-5,11-12H,6-10,18H2,1-3H3. The zero-order valence-electron chi connectivity index (χ0n) is 12.7. The number of anilines is 1. The Morgan fingerprint density at radius 2 is 2.15 bits per heavy atom. The van der Waals surface area contributed by atoms with E-state index >= 15 is 0 Å². The Kier molecular flexibility index (Phi) is 5.43. The maximum Gasteiger partial charge on any atom is 0.0400 e. The van der Waals surface area contributed by atoms with Gasteiger partial charge in [-0.05, 0) is 43.5 Å². The molecule has 0 radical (unpaired) electrons. The Morgan fingerprint density at radius 1 is 1.40 bits per heavy atom. The molecule has 112 valence electrons. The lowest BCUT2D eigenvalue weighted by Gasteiger charge is -2.27. The van der Waals surface area contributed by atoms with E-state index in [2.05, 4.69) is 71.6 Å². The van der Waals surface area contributed by atoms with Crippen LogP contribution in [0, 0.1) is 0 Å². The quantitative estimate of drug-likeness (QED) is 0.885. The molecule has 1 aromatic rings. The summed E-state index contributed by atoms with van der Waals surface area (Å²) in [5, 5.41) is 0. The van der Waals surface area contributed by atoms with E-state index in [0.29, 0.717) is 4.75 Å². The highest BCUT2D eigenvalue weighted by Gasteiger charge is 2.24. The van der Waals surface area contributed by atoms with Crippen LogP contribution < -0.4 is 10.6 Å². The van der Waals surface area contributed by atoms with Crippen LogP contribution in [0.15, 0.2) is 22.7 Å². The first-order chi connectivity index (χ1) is 9.37. The Morgan fingerprint density at radius 3 is 2.85 bits per heavy atom. The fraction of sp³-hybridized carbons (Fsp3) is 0.625. The lowest BCUT2D eigenvalue weighted by atomic mass is 10.0. The lowest BCUT2D eigenvalue weighted by Crippen LogP contribution is -2.29. The number of nitrogens with two attached hydrogens (primary N) is 1. The summed E-state index contributed by atoms with van der Waals surface area (Å²) in [5.74, 6) is 1.20. The summed E-state index contributed by atoms with van der Waals surface area (Å²) in [7, 11) is 0. The molecule has 1 atom stereocenters. The van der Waals surface area contributed by atoms with Crippen LogP contribution in [-0.4, -0.2) is 29.6 Å². The number of thioether (sulfide) groups is 1. The van der Waals surface area contributed by atoms with Crippen LogP contribution in [0.5, 0.6) is 0 Å². The van der Waals surface area contributed by atoms with Crippen LogP contribution in [0.25, 0.3) is 0 Å². The molecule has 0 amide bonds. The summed E-state index contributed by atoms with van der Waals surface area (Å²) < 4.78 is 1.53. The van der Waals surface area contributed by atoms with Gasteiger partial charge in [-0.15, -0.1) is 0 Å². The van der Waals surface area contributed by atoms with Gasteiger partial charge in [0.15, 0.2) is 0 Å². The summed E-state index contributed by atoms with van der Waals surface area (Å²) in [6, 6.07) is 6.80. The minimum Gasteiger partial charge on any atom is -0.370 e. The van der Waals surface area contributed by atoms with E-state index in [1.54, 1.807) is 0 Å². The van der Waals surface area contributed by atoms with Gasteiger partial charge in [0.2, 0.25) is 0 Å². The van der Waals surface area contributed by atoms with Gasteiger partial charge >= 0.3 is 0 Å². The molecular formula is C16H25BrN2S. The normalized spacial score (nSPS) is 20.6. The highest BCUT2D eigenvalue weighted by Crippen LogP contribution is 2.34. The summed E-state index contributed by atoms with van der Waals surface area (Å²) in [6.07, 6.45) is 2.16. The highest BCUT2D eigenvalue weighted by atomic mass is 79.9. The number of rotatable bonds is 3. The molecule has 1 heterocycles. The van der Waals surface area contributed by atoms with Crippen LogP contribution in [0.1, 0.15) is 32.8 Å². The molecule has 2 rings (SSSR count). The average molecular weight is 357 g/mol. The monoisotopic (exact) mass is 356 g/mol. The highest BCUT2D eigenvalue weighted by molar-refractivity contribution is 9.10. The summed E-state index contributed by atoms with van der Waals surface area (Å²) in [4.78, 5) is 2.53. The van der Waals surface area contributed by atoms with Crippen molar-refractivity contribution in [3.63, 3.8) is 0 Å². The molecule has 2 nitrogen and oxygen atoms in total. The van der Waals surface area contributed by atoms with Crippen molar-refractivity contribution in [2.75, 3.05) is 23.7 Å². The first-order valence-corrected chi connectivity index (χ1v) is 9.08. The maximum absolute atomic E-state index is 6.01. The van der Waals surface area contributed by atoms with E-state index in [-0.39, 0.29) is 6.04 Å². The van der Waals surface area contributed by atoms with Crippen LogP contribution in [0.3, 0.4) is 0 Å². The summed E-state index contributed by atoms with van der Waals surface area (Å²) in [6.45, 7) is 9.04. The van der Waals surface area contributed by atoms with Crippen molar-refractivity contribution in [3.05, 3.63) is 28.2 Å². The predicted molar refractivity (Wildman–Crippen MR) is 94.9 cm³/mol. The third kappa shape index (κ3) is 4.40. The molecule has 1 aromatic carbocycles. The van der Waals surface area contributed by atoms with Crippen molar-refractivity contribution in [2.24, 2.45) is 5.73 Å². The summed E-state index contributed by atoms with van der Waals surface area (Å²) >= 11 is 5.67. The minimum absolute atomic E-state index is 0.195. The third-order valence-corrected chi connectivity index (χ3v) is 5.63. The molecule has 0 aromatic heterocycles. The zero-order chi connectivity index (χ0) is 14.8. The van der Waals surface area contributed by atoms with Crippen molar-refractivity contribution in [1.29, 1.82) is 0 Å². The second-order valence-corrected chi connectivity index (χ2v) is 9.02. The molecule has 20 heavy (non-hydrogen) atoms. The van der Waals surface area contributed by atoms with Crippen molar-refractivity contribution < 1.29 is 0 Å². The first-order valence-electron chi connectivity index (χ1n) is 7.30. The molecule has 1 aliphatic rings. The fourth-order valence-electron chi connectivity index (χ4n) is 2.63. The second kappa shape index (κ2) is 6.71. The van der Waals surface area contributed by atoms with E-state index < -0.39 is 0 Å². The van der Waals surface area contributed by atoms with Crippen LogP contribution in [0.2, 0.25) is 0 Å². The van der Waals surface area contributed by atoms with Gasteiger partial charge in [-0.3, -0.25) is 0 Å². The molecule has 0 spiro atoms. The van der Waals surface area contributed by atoms with Gasteiger partial charge in [-0.25, -0.2) is 0 Å². The van der Waals surface area contributed by atoms with Gasteiger partial charge < -0.3 is 10.6 Å². The van der Waals surface area contributed by atoms with Crippen molar-refractivity contribution in [3.8, 4) is 0 Å². The SMILES string of the molecule is CC(N)Cc1cc(Br)ccc1N1CCSC(C)(C)CC1. The topological polar surface area (TPSA) is 29.3 Å². The molecule has 2 N–H and O–H groups in total. The van der Waals surface area contributed by atoms with Gasteiger partial charge in [-0.2, -0.15) is 11.8 Å². The molecular weight excluding hydrogens is 332 g/mol. The fourth-order valence-corrected chi connectivity index (χ4v) is 4.14. The molecule has 0 aliphatic carbocycles. The molecule has 0 saturated carbocycles. The Bertz CT molecular complexity index is 460. The number of benzene rings is 1. The number of halogens is 1. The first kappa shape index (κ1) is 16.2. The smallest absolute Gasteiger partial charge is 0.0400 e. The van der Waals surface area contributed by atoms with Gasteiger partial charge in [0, 0.05) is 39.8 Å². The Balaban J connectivity index is 2.22. The van der Waals surface area contributed by atoms with Crippen LogP contribution in [-0.2, 0) is 6.42 Å². The molecule has 1 unspecified atom stereocenters. The van der Waals surface area contributed by atoms with Crippen LogP contribution >= 0.6 is 27.7 Å². The number of hydrogen-bond acceptors (Lipinski definition) is 3. The Labute approximate surface area is 135 Å². The largest absolute Gasteiger partial charge is 0.370 e. The van der Waals surface area contributed by atoms with E-state index in [0.717, 1.165) is 24.0 Å².